The number of fused-ring (bicyclic) bond motifs is 1. The largest absolute Gasteiger partial charge is 0.332 e. The molecule has 0 radical (unpaired) electrons. The first-order valence-electron chi connectivity index (χ1n) is 8.80. The van der Waals surface area contributed by atoms with Crippen molar-refractivity contribution in [3.05, 3.63) is 54.1 Å². The van der Waals surface area contributed by atoms with Gasteiger partial charge >= 0.3 is 0 Å². The molecule has 0 N–H and O–H groups in total. The van der Waals surface area contributed by atoms with Crippen LogP contribution in [-0.2, 0) is 13.6 Å². The van der Waals surface area contributed by atoms with Crippen molar-refractivity contribution in [1.82, 2.24) is 23.8 Å². The number of nitrogens with zero attached hydrogens (tertiary/aromatic N) is 5. The molecule has 1 unspecified atom stereocenters. The highest BCUT2D eigenvalue weighted by Crippen LogP contribution is 2.23. The van der Waals surface area contributed by atoms with E-state index in [0.29, 0.717) is 5.82 Å². The molecule has 0 aliphatic carbocycles. The third-order valence-electron chi connectivity index (χ3n) is 5.09. The molecule has 1 atom stereocenters. The number of hydrogen-bond acceptors (Lipinski definition) is 4. The average Bonchev–Trinajstić information content (AvgIpc) is 3.19. The van der Waals surface area contributed by atoms with Crippen LogP contribution in [0.2, 0.25) is 0 Å². The van der Waals surface area contributed by atoms with Crippen molar-refractivity contribution in [1.29, 1.82) is 0 Å². The number of imidazole rings is 2. The molecule has 4 heterocycles. The van der Waals surface area contributed by atoms with Crippen molar-refractivity contribution < 1.29 is 4.79 Å². The first kappa shape index (κ1) is 16.0. The van der Waals surface area contributed by atoms with Crippen LogP contribution in [0.4, 0.5) is 0 Å². The van der Waals surface area contributed by atoms with E-state index >= 15 is 0 Å². The molecule has 4 rings (SSSR count). The summed E-state index contributed by atoms with van der Waals surface area (Å²) in [5, 5.41) is 0. The van der Waals surface area contributed by atoms with Crippen molar-refractivity contribution in [2.24, 2.45) is 13.0 Å². The quantitative estimate of drug-likeness (QED) is 0.686. The average molecular weight is 337 g/mol. The van der Waals surface area contributed by atoms with Crippen LogP contribution in [0.25, 0.3) is 5.52 Å². The van der Waals surface area contributed by atoms with Gasteiger partial charge in [0.2, 0.25) is 5.78 Å². The monoisotopic (exact) mass is 337 g/mol. The maximum atomic E-state index is 12.8. The van der Waals surface area contributed by atoms with E-state index in [0.717, 1.165) is 49.5 Å². The molecule has 0 amide bonds. The van der Waals surface area contributed by atoms with Gasteiger partial charge in [0, 0.05) is 44.6 Å². The Hall–Kier alpha value is -2.47. The summed E-state index contributed by atoms with van der Waals surface area (Å²) in [4.78, 5) is 24.1. The molecule has 1 aliphatic rings. The molecule has 25 heavy (non-hydrogen) atoms. The molecule has 1 saturated heterocycles. The predicted octanol–water partition coefficient (Wildman–Crippen LogP) is 2.47. The van der Waals surface area contributed by atoms with Crippen LogP contribution in [0.1, 0.15) is 35.0 Å². The van der Waals surface area contributed by atoms with Crippen LogP contribution in [0.5, 0.6) is 0 Å². The van der Waals surface area contributed by atoms with Crippen molar-refractivity contribution in [2.75, 3.05) is 13.1 Å². The van der Waals surface area contributed by atoms with Crippen LogP contribution in [0.15, 0.2) is 36.8 Å². The summed E-state index contributed by atoms with van der Waals surface area (Å²) in [5.74, 6) is 1.74. The third kappa shape index (κ3) is 2.98. The SMILES string of the molecule is Cc1nc(CN2CCCC(C(=O)c3nccn3C)C2)c2ccccn12. The fourth-order valence-electron chi connectivity index (χ4n) is 3.79. The van der Waals surface area contributed by atoms with Crippen LogP contribution >= 0.6 is 0 Å². The Kier molecular flexibility index (Phi) is 4.13. The van der Waals surface area contributed by atoms with E-state index in [1.54, 1.807) is 6.20 Å². The zero-order valence-corrected chi connectivity index (χ0v) is 14.7. The summed E-state index contributed by atoms with van der Waals surface area (Å²) in [5.41, 5.74) is 2.24. The van der Waals surface area contributed by atoms with Gasteiger partial charge in [-0.1, -0.05) is 6.07 Å². The van der Waals surface area contributed by atoms with Gasteiger partial charge in [-0.05, 0) is 38.4 Å². The molecule has 0 bridgehead atoms. The second-order valence-corrected chi connectivity index (χ2v) is 6.86. The molecule has 6 heteroatoms. The first-order chi connectivity index (χ1) is 12.1. The lowest BCUT2D eigenvalue weighted by molar-refractivity contribution is 0.0797. The molecule has 0 aromatic carbocycles. The Labute approximate surface area is 147 Å². The fraction of sp³-hybridized carbons (Fsp3) is 0.421. The number of likely N-dealkylation sites (tertiary alicyclic amines) is 1. The van der Waals surface area contributed by atoms with E-state index in [2.05, 4.69) is 20.4 Å². The summed E-state index contributed by atoms with van der Waals surface area (Å²) < 4.78 is 3.93. The Morgan fingerprint density at radius 1 is 1.32 bits per heavy atom. The number of aromatic nitrogens is 4. The summed E-state index contributed by atoms with van der Waals surface area (Å²) in [6.45, 7) is 4.59. The Bertz CT molecular complexity index is 910. The van der Waals surface area contributed by atoms with Gasteiger partial charge in [0.15, 0.2) is 5.82 Å². The Morgan fingerprint density at radius 2 is 2.20 bits per heavy atom. The molecule has 1 fully saturated rings. The molecular weight excluding hydrogens is 314 g/mol. The van der Waals surface area contributed by atoms with Crippen molar-refractivity contribution in [2.45, 2.75) is 26.3 Å². The summed E-state index contributed by atoms with van der Waals surface area (Å²) in [6, 6.07) is 6.17. The molecule has 3 aromatic rings. The van der Waals surface area contributed by atoms with Gasteiger partial charge in [-0.25, -0.2) is 9.97 Å². The van der Waals surface area contributed by atoms with E-state index in [9.17, 15) is 4.79 Å². The lowest BCUT2D eigenvalue weighted by Gasteiger charge is -2.31. The number of piperidine rings is 1. The zero-order valence-electron chi connectivity index (χ0n) is 14.7. The molecule has 1 aliphatic heterocycles. The van der Waals surface area contributed by atoms with Crippen LogP contribution in [0.3, 0.4) is 0 Å². The minimum Gasteiger partial charge on any atom is -0.332 e. The number of aryl methyl sites for hydroxylation is 2. The van der Waals surface area contributed by atoms with Gasteiger partial charge in [0.25, 0.3) is 0 Å². The number of rotatable bonds is 4. The summed E-state index contributed by atoms with van der Waals surface area (Å²) >= 11 is 0. The van der Waals surface area contributed by atoms with Gasteiger partial charge in [0.05, 0.1) is 11.2 Å². The lowest BCUT2D eigenvalue weighted by Crippen LogP contribution is -2.39. The van der Waals surface area contributed by atoms with E-state index in [4.69, 9.17) is 4.98 Å². The number of Topliss-reactive ketones (excluding diaryl/α,β-unsaturated/α-hetero) is 1. The van der Waals surface area contributed by atoms with Crippen LogP contribution < -0.4 is 0 Å². The molecular formula is C19H23N5O. The highest BCUT2D eigenvalue weighted by Gasteiger charge is 2.29. The van der Waals surface area contributed by atoms with Crippen molar-refractivity contribution in [3.63, 3.8) is 0 Å². The van der Waals surface area contributed by atoms with E-state index < -0.39 is 0 Å². The smallest absolute Gasteiger partial charge is 0.202 e. The van der Waals surface area contributed by atoms with Crippen molar-refractivity contribution in [3.8, 4) is 0 Å². The second kappa shape index (κ2) is 6.44. The Morgan fingerprint density at radius 3 is 3.00 bits per heavy atom. The first-order valence-corrected chi connectivity index (χ1v) is 8.80. The highest BCUT2D eigenvalue weighted by molar-refractivity contribution is 5.94. The van der Waals surface area contributed by atoms with E-state index in [1.807, 2.05) is 43.1 Å². The Balaban J connectivity index is 1.51. The van der Waals surface area contributed by atoms with Gasteiger partial charge in [-0.15, -0.1) is 0 Å². The van der Waals surface area contributed by atoms with Crippen LogP contribution in [0, 0.1) is 12.8 Å². The maximum absolute atomic E-state index is 12.8. The topological polar surface area (TPSA) is 55.4 Å². The second-order valence-electron chi connectivity index (χ2n) is 6.86. The minimum absolute atomic E-state index is 0.0184. The molecule has 130 valence electrons. The molecule has 3 aromatic heterocycles. The number of hydrogen-bond donors (Lipinski definition) is 0. The molecule has 0 saturated carbocycles. The normalized spacial score (nSPS) is 18.7. The number of ketones is 1. The molecule has 0 spiro atoms. The third-order valence-corrected chi connectivity index (χ3v) is 5.09. The summed E-state index contributed by atoms with van der Waals surface area (Å²) in [7, 11) is 1.88. The number of carbonyl (C=O) groups excluding carboxylic acids is 1. The van der Waals surface area contributed by atoms with Gasteiger partial charge in [-0.3, -0.25) is 9.69 Å². The van der Waals surface area contributed by atoms with E-state index in [-0.39, 0.29) is 11.7 Å². The highest BCUT2D eigenvalue weighted by atomic mass is 16.1. The maximum Gasteiger partial charge on any atom is 0.202 e. The fourth-order valence-corrected chi connectivity index (χ4v) is 3.79. The number of pyridine rings is 1. The summed E-state index contributed by atoms with van der Waals surface area (Å²) in [6.07, 6.45) is 7.53. The lowest BCUT2D eigenvalue weighted by atomic mass is 9.93. The molecule has 6 nitrogen and oxygen atoms in total. The zero-order chi connectivity index (χ0) is 17.4. The predicted molar refractivity (Wildman–Crippen MR) is 95.5 cm³/mol. The van der Waals surface area contributed by atoms with E-state index in [1.165, 1.54) is 0 Å². The van der Waals surface area contributed by atoms with Gasteiger partial charge in [-0.2, -0.15) is 0 Å². The standard InChI is InChI=1S/C19H23N5O/c1-14-21-16(17-7-3-4-10-24(14)17)13-23-9-5-6-15(12-23)18(25)19-20-8-11-22(19)2/h3-4,7-8,10-11,15H,5-6,9,12-13H2,1-2H3. The van der Waals surface area contributed by atoms with Crippen LogP contribution in [-0.4, -0.2) is 42.7 Å². The van der Waals surface area contributed by atoms with Gasteiger partial charge < -0.3 is 8.97 Å². The number of carbonyl (C=O) groups is 1. The van der Waals surface area contributed by atoms with Gasteiger partial charge in [0.1, 0.15) is 5.82 Å². The van der Waals surface area contributed by atoms with Crippen molar-refractivity contribution >= 4 is 11.3 Å². The minimum atomic E-state index is 0.0184.